The SMILES string of the molecule is C=CCN1C(CC)[C@H](c2ccc(Br)cc2)[C@@H]1CNS(=O)(=O)c1ccccc1[N+](=O)[O-]. The van der Waals surface area contributed by atoms with Gasteiger partial charge in [0, 0.05) is 41.6 Å². The van der Waals surface area contributed by atoms with E-state index in [1.165, 1.54) is 24.3 Å². The molecule has 0 bridgehead atoms. The number of para-hydroxylation sites is 1. The highest BCUT2D eigenvalue weighted by Crippen LogP contribution is 2.42. The van der Waals surface area contributed by atoms with Crippen molar-refractivity contribution in [1.29, 1.82) is 0 Å². The first kappa shape index (κ1) is 22.6. The van der Waals surface area contributed by atoms with E-state index in [0.29, 0.717) is 6.54 Å². The van der Waals surface area contributed by atoms with E-state index in [0.717, 1.165) is 16.5 Å². The zero-order valence-electron chi connectivity index (χ0n) is 16.6. The van der Waals surface area contributed by atoms with Crippen LogP contribution in [0.25, 0.3) is 0 Å². The van der Waals surface area contributed by atoms with Crippen LogP contribution in [0.1, 0.15) is 24.8 Å². The molecule has 0 aromatic heterocycles. The third-order valence-corrected chi connectivity index (χ3v) is 7.53. The molecule has 1 heterocycles. The lowest BCUT2D eigenvalue weighted by molar-refractivity contribution is -0.387. The number of hydrogen-bond acceptors (Lipinski definition) is 5. The molecule has 2 aromatic carbocycles. The molecule has 1 aliphatic rings. The summed E-state index contributed by atoms with van der Waals surface area (Å²) in [7, 11) is -4.03. The molecule has 30 heavy (non-hydrogen) atoms. The molecule has 0 aliphatic carbocycles. The summed E-state index contributed by atoms with van der Waals surface area (Å²) in [5.74, 6) is 0.150. The lowest BCUT2D eigenvalue weighted by Gasteiger charge is -2.55. The summed E-state index contributed by atoms with van der Waals surface area (Å²) in [4.78, 5) is 12.5. The Bertz CT molecular complexity index is 1030. The van der Waals surface area contributed by atoms with Gasteiger partial charge < -0.3 is 0 Å². The highest BCUT2D eigenvalue weighted by molar-refractivity contribution is 9.10. The fraction of sp³-hybridized carbons (Fsp3) is 0.333. The van der Waals surface area contributed by atoms with Crippen LogP contribution in [-0.4, -0.2) is 43.4 Å². The van der Waals surface area contributed by atoms with Crippen molar-refractivity contribution in [3.63, 3.8) is 0 Å². The number of nitro benzene ring substituents is 1. The molecule has 1 N–H and O–H groups in total. The quantitative estimate of drug-likeness (QED) is 0.322. The van der Waals surface area contributed by atoms with Crippen LogP contribution in [0.15, 0.2) is 70.6 Å². The van der Waals surface area contributed by atoms with Crippen LogP contribution in [0.3, 0.4) is 0 Å². The molecule has 160 valence electrons. The molecule has 0 spiro atoms. The molecule has 1 saturated heterocycles. The second-order valence-corrected chi connectivity index (χ2v) is 9.83. The van der Waals surface area contributed by atoms with Crippen molar-refractivity contribution in [3.05, 3.63) is 81.3 Å². The Morgan fingerprint density at radius 1 is 1.20 bits per heavy atom. The van der Waals surface area contributed by atoms with Gasteiger partial charge in [-0.25, -0.2) is 13.1 Å². The van der Waals surface area contributed by atoms with Crippen molar-refractivity contribution in [3.8, 4) is 0 Å². The van der Waals surface area contributed by atoms with Crippen molar-refractivity contribution < 1.29 is 13.3 Å². The van der Waals surface area contributed by atoms with Gasteiger partial charge >= 0.3 is 0 Å². The zero-order valence-corrected chi connectivity index (χ0v) is 19.0. The topological polar surface area (TPSA) is 92.6 Å². The van der Waals surface area contributed by atoms with Gasteiger partial charge in [0.2, 0.25) is 10.0 Å². The Kier molecular flexibility index (Phi) is 7.07. The van der Waals surface area contributed by atoms with E-state index in [-0.39, 0.29) is 29.4 Å². The maximum atomic E-state index is 12.8. The maximum Gasteiger partial charge on any atom is 0.289 e. The Hall–Kier alpha value is -2.07. The highest BCUT2D eigenvalue weighted by Gasteiger charge is 2.47. The zero-order chi connectivity index (χ0) is 21.9. The van der Waals surface area contributed by atoms with Crippen LogP contribution < -0.4 is 4.72 Å². The van der Waals surface area contributed by atoms with Crippen molar-refractivity contribution in [2.75, 3.05) is 13.1 Å². The summed E-state index contributed by atoms with van der Waals surface area (Å²) in [5, 5.41) is 11.2. The van der Waals surface area contributed by atoms with E-state index in [4.69, 9.17) is 0 Å². The summed E-state index contributed by atoms with van der Waals surface area (Å²) < 4.78 is 29.3. The second kappa shape index (κ2) is 9.38. The van der Waals surface area contributed by atoms with Gasteiger partial charge in [0.05, 0.1) is 4.92 Å². The third-order valence-electron chi connectivity index (χ3n) is 5.53. The van der Waals surface area contributed by atoms with Crippen LogP contribution >= 0.6 is 15.9 Å². The van der Waals surface area contributed by atoms with Crippen LogP contribution in [-0.2, 0) is 10.0 Å². The lowest BCUT2D eigenvalue weighted by Crippen LogP contribution is -2.65. The van der Waals surface area contributed by atoms with E-state index in [2.05, 4.69) is 39.1 Å². The minimum absolute atomic E-state index is 0.0772. The fourth-order valence-corrected chi connectivity index (χ4v) is 5.69. The van der Waals surface area contributed by atoms with Crippen molar-refractivity contribution >= 4 is 31.6 Å². The monoisotopic (exact) mass is 493 g/mol. The smallest absolute Gasteiger partial charge is 0.289 e. The predicted octanol–water partition coefficient (Wildman–Crippen LogP) is 4.07. The van der Waals surface area contributed by atoms with Gasteiger partial charge in [0.15, 0.2) is 4.90 Å². The molecular weight excluding hydrogens is 470 g/mol. The number of benzene rings is 2. The molecule has 7 nitrogen and oxygen atoms in total. The van der Waals surface area contributed by atoms with Gasteiger partial charge in [-0.15, -0.1) is 6.58 Å². The van der Waals surface area contributed by atoms with E-state index in [9.17, 15) is 18.5 Å². The first-order valence-electron chi connectivity index (χ1n) is 9.65. The van der Waals surface area contributed by atoms with Gasteiger partial charge in [0.1, 0.15) is 0 Å². The summed E-state index contributed by atoms with van der Waals surface area (Å²) in [6.07, 6.45) is 2.73. The number of halogens is 1. The predicted molar refractivity (Wildman–Crippen MR) is 120 cm³/mol. The largest absolute Gasteiger partial charge is 0.291 e. The minimum atomic E-state index is -4.03. The number of nitrogens with zero attached hydrogens (tertiary/aromatic N) is 2. The highest BCUT2D eigenvalue weighted by atomic mass is 79.9. The number of nitrogens with one attached hydrogen (secondary N) is 1. The van der Waals surface area contributed by atoms with Crippen LogP contribution in [0.4, 0.5) is 5.69 Å². The Balaban J connectivity index is 1.86. The summed E-state index contributed by atoms with van der Waals surface area (Å²) in [5.41, 5.74) is 0.706. The number of likely N-dealkylation sites (tertiary alicyclic amines) is 1. The number of rotatable bonds is 9. The van der Waals surface area contributed by atoms with Gasteiger partial charge in [0.25, 0.3) is 5.69 Å². The van der Waals surface area contributed by atoms with Crippen LogP contribution in [0.2, 0.25) is 0 Å². The molecule has 1 aliphatic heterocycles. The van der Waals surface area contributed by atoms with E-state index >= 15 is 0 Å². The average molecular weight is 494 g/mol. The molecular formula is C21H24BrN3O4S. The molecule has 9 heteroatoms. The van der Waals surface area contributed by atoms with Crippen molar-refractivity contribution in [1.82, 2.24) is 9.62 Å². The normalized spacial score (nSPS) is 21.7. The maximum absolute atomic E-state index is 12.8. The summed E-state index contributed by atoms with van der Waals surface area (Å²) >= 11 is 3.45. The van der Waals surface area contributed by atoms with Gasteiger partial charge in [-0.1, -0.05) is 53.2 Å². The first-order valence-corrected chi connectivity index (χ1v) is 11.9. The fourth-order valence-electron chi connectivity index (χ4n) is 4.20. The van der Waals surface area contributed by atoms with Gasteiger partial charge in [-0.05, 0) is 30.2 Å². The molecule has 0 radical (unpaired) electrons. The third kappa shape index (κ3) is 4.49. The van der Waals surface area contributed by atoms with E-state index in [1.54, 1.807) is 0 Å². The molecule has 0 amide bonds. The Morgan fingerprint density at radius 2 is 1.87 bits per heavy atom. The number of hydrogen-bond donors (Lipinski definition) is 1. The molecule has 0 saturated carbocycles. The van der Waals surface area contributed by atoms with Crippen molar-refractivity contribution in [2.45, 2.75) is 36.2 Å². The van der Waals surface area contributed by atoms with E-state index < -0.39 is 20.6 Å². The molecule has 3 atom stereocenters. The standard InChI is InChI=1S/C21H24BrN3O4S/c1-3-13-24-17(4-2)21(15-9-11-16(22)12-10-15)19(24)14-23-30(28,29)20-8-6-5-7-18(20)25(26)27/h3,5-12,17,19,21,23H,1,4,13-14H2,2H3/t17?,19-,21-/m0/s1. The second-order valence-electron chi connectivity index (χ2n) is 7.18. The van der Waals surface area contributed by atoms with E-state index in [1.807, 2.05) is 30.3 Å². The molecule has 1 fully saturated rings. The number of sulfonamides is 1. The van der Waals surface area contributed by atoms with Gasteiger partial charge in [-0.2, -0.15) is 0 Å². The lowest BCUT2D eigenvalue weighted by atomic mass is 9.74. The molecule has 2 aromatic rings. The van der Waals surface area contributed by atoms with Gasteiger partial charge in [-0.3, -0.25) is 15.0 Å². The average Bonchev–Trinajstić information content (AvgIpc) is 2.72. The summed E-state index contributed by atoms with van der Waals surface area (Å²) in [6.45, 7) is 6.73. The van der Waals surface area contributed by atoms with Crippen LogP contribution in [0, 0.1) is 10.1 Å². The van der Waals surface area contributed by atoms with Crippen molar-refractivity contribution in [2.24, 2.45) is 0 Å². The number of nitro groups is 1. The molecule has 1 unspecified atom stereocenters. The Labute approximate surface area is 185 Å². The first-order chi connectivity index (χ1) is 14.3. The Morgan fingerprint density at radius 3 is 2.47 bits per heavy atom. The summed E-state index contributed by atoms with van der Waals surface area (Å²) in [6, 6.07) is 13.6. The van der Waals surface area contributed by atoms with Crippen LogP contribution in [0.5, 0.6) is 0 Å². The molecule has 3 rings (SSSR count). The minimum Gasteiger partial charge on any atom is -0.291 e.